The van der Waals surface area contributed by atoms with Gasteiger partial charge in [0.2, 0.25) is 0 Å². The van der Waals surface area contributed by atoms with Crippen molar-refractivity contribution in [1.82, 2.24) is 9.55 Å². The molecule has 104 valence electrons. The van der Waals surface area contributed by atoms with Crippen LogP contribution in [-0.4, -0.2) is 9.55 Å². The Morgan fingerprint density at radius 1 is 1.40 bits per heavy atom. The van der Waals surface area contributed by atoms with Crippen LogP contribution in [0.4, 0.5) is 0 Å². The van der Waals surface area contributed by atoms with Gasteiger partial charge >= 0.3 is 0 Å². The smallest absolute Gasteiger partial charge is 0.274 e. The second kappa shape index (κ2) is 5.37. The zero-order valence-corrected chi connectivity index (χ0v) is 12.4. The SMILES string of the molecule is C=C(C)/C=C(\C(C)=C/C)c1cn(C)c(=O)c2[nH]ccc12. The molecular weight excluding hydrogens is 248 g/mol. The van der Waals surface area contributed by atoms with Crippen LogP contribution in [-0.2, 0) is 7.05 Å². The molecule has 3 heteroatoms. The number of nitrogens with one attached hydrogen (secondary N) is 1. The van der Waals surface area contributed by atoms with Crippen molar-refractivity contribution in [3.63, 3.8) is 0 Å². The summed E-state index contributed by atoms with van der Waals surface area (Å²) in [6.07, 6.45) is 7.82. The fourth-order valence-electron chi connectivity index (χ4n) is 2.29. The third kappa shape index (κ3) is 2.39. The highest BCUT2D eigenvalue weighted by Gasteiger charge is 2.12. The molecule has 0 aliphatic heterocycles. The number of fused-ring (bicyclic) bond motifs is 1. The molecule has 3 nitrogen and oxygen atoms in total. The molecule has 2 aromatic heterocycles. The number of aromatic nitrogens is 2. The summed E-state index contributed by atoms with van der Waals surface area (Å²) in [6.45, 7) is 10.0. The lowest BCUT2D eigenvalue weighted by molar-refractivity contribution is 0.867. The molecule has 0 saturated carbocycles. The molecule has 0 fully saturated rings. The number of aromatic amines is 1. The summed E-state index contributed by atoms with van der Waals surface area (Å²) < 4.78 is 1.61. The molecule has 0 unspecified atom stereocenters. The lowest BCUT2D eigenvalue weighted by atomic mass is 9.95. The number of hydrogen-bond donors (Lipinski definition) is 1. The van der Waals surface area contributed by atoms with E-state index in [1.807, 2.05) is 26.1 Å². The van der Waals surface area contributed by atoms with E-state index in [1.54, 1.807) is 17.8 Å². The third-order valence-corrected chi connectivity index (χ3v) is 3.43. The third-order valence-electron chi connectivity index (χ3n) is 3.43. The maximum Gasteiger partial charge on any atom is 0.274 e. The minimum absolute atomic E-state index is 0.0124. The van der Waals surface area contributed by atoms with E-state index in [2.05, 4.69) is 30.6 Å². The largest absolute Gasteiger partial charge is 0.357 e. The Morgan fingerprint density at radius 2 is 2.10 bits per heavy atom. The fraction of sp³-hybridized carbons (Fsp3) is 0.235. The van der Waals surface area contributed by atoms with Crippen molar-refractivity contribution < 1.29 is 0 Å². The predicted molar refractivity (Wildman–Crippen MR) is 85.8 cm³/mol. The molecule has 0 amide bonds. The molecule has 1 N–H and O–H groups in total. The first kappa shape index (κ1) is 14.1. The molecule has 0 aliphatic rings. The fourth-order valence-corrected chi connectivity index (χ4v) is 2.29. The Kier molecular flexibility index (Phi) is 3.79. The van der Waals surface area contributed by atoms with E-state index in [-0.39, 0.29) is 5.56 Å². The van der Waals surface area contributed by atoms with Gasteiger partial charge in [0.05, 0.1) is 0 Å². The normalized spacial score (nSPS) is 13.0. The molecule has 2 aromatic rings. The summed E-state index contributed by atoms with van der Waals surface area (Å²) in [7, 11) is 1.77. The van der Waals surface area contributed by atoms with Crippen molar-refractivity contribution in [2.75, 3.05) is 0 Å². The Hall–Kier alpha value is -2.29. The Bertz CT molecular complexity index is 785. The van der Waals surface area contributed by atoms with Crippen molar-refractivity contribution >= 4 is 16.5 Å². The highest BCUT2D eigenvalue weighted by molar-refractivity contribution is 5.96. The van der Waals surface area contributed by atoms with Crippen LogP contribution < -0.4 is 5.56 Å². The zero-order valence-electron chi connectivity index (χ0n) is 12.4. The van der Waals surface area contributed by atoms with E-state index >= 15 is 0 Å². The second-order valence-corrected chi connectivity index (χ2v) is 5.10. The van der Waals surface area contributed by atoms with Gasteiger partial charge in [-0.25, -0.2) is 0 Å². The van der Waals surface area contributed by atoms with Crippen LogP contribution >= 0.6 is 0 Å². The molecule has 0 spiro atoms. The van der Waals surface area contributed by atoms with Crippen LogP contribution in [0.3, 0.4) is 0 Å². The molecule has 0 bridgehead atoms. The summed E-state index contributed by atoms with van der Waals surface area (Å²) in [5.74, 6) is 0. The minimum atomic E-state index is -0.0124. The van der Waals surface area contributed by atoms with Crippen LogP contribution in [0, 0.1) is 0 Å². The number of allylic oxidation sites excluding steroid dienone is 5. The Morgan fingerprint density at radius 3 is 2.70 bits per heavy atom. The van der Waals surface area contributed by atoms with Gasteiger partial charge in [-0.1, -0.05) is 24.3 Å². The van der Waals surface area contributed by atoms with Crippen LogP contribution in [0.25, 0.3) is 16.5 Å². The van der Waals surface area contributed by atoms with E-state index in [0.29, 0.717) is 5.52 Å². The van der Waals surface area contributed by atoms with Crippen molar-refractivity contribution in [3.8, 4) is 0 Å². The standard InChI is InChI=1S/C17H20N2O/c1-6-12(4)14(9-11(2)3)15-10-19(5)17(20)16-13(15)7-8-18-16/h6-10,18H,2H2,1,3-5H3/b12-6-,14-9+. The first-order valence-electron chi connectivity index (χ1n) is 6.63. The van der Waals surface area contributed by atoms with E-state index in [9.17, 15) is 4.79 Å². The molecule has 2 rings (SSSR count). The minimum Gasteiger partial charge on any atom is -0.357 e. The van der Waals surface area contributed by atoms with Crippen LogP contribution in [0.2, 0.25) is 0 Å². The zero-order chi connectivity index (χ0) is 14.9. The summed E-state index contributed by atoms with van der Waals surface area (Å²) >= 11 is 0. The number of hydrogen-bond acceptors (Lipinski definition) is 1. The van der Waals surface area contributed by atoms with Crippen molar-refractivity contribution in [1.29, 1.82) is 0 Å². The first-order chi connectivity index (χ1) is 9.45. The van der Waals surface area contributed by atoms with Gasteiger partial charge in [0.25, 0.3) is 5.56 Å². The van der Waals surface area contributed by atoms with E-state index < -0.39 is 0 Å². The Balaban J connectivity index is 2.85. The summed E-state index contributed by atoms with van der Waals surface area (Å²) in [6, 6.07) is 1.95. The molecule has 0 aromatic carbocycles. The quantitative estimate of drug-likeness (QED) is 0.845. The lowest BCUT2D eigenvalue weighted by Crippen LogP contribution is -2.17. The maximum absolute atomic E-state index is 12.1. The molecule has 0 aliphatic carbocycles. The van der Waals surface area contributed by atoms with E-state index in [4.69, 9.17) is 0 Å². The van der Waals surface area contributed by atoms with E-state index in [1.165, 1.54) is 0 Å². The number of nitrogens with zero attached hydrogens (tertiary/aromatic N) is 1. The molecule has 20 heavy (non-hydrogen) atoms. The Labute approximate surface area is 118 Å². The van der Waals surface area contributed by atoms with Gasteiger partial charge in [-0.2, -0.15) is 0 Å². The van der Waals surface area contributed by atoms with Crippen LogP contribution in [0.15, 0.2) is 53.1 Å². The van der Waals surface area contributed by atoms with Crippen molar-refractivity contribution in [2.24, 2.45) is 7.05 Å². The number of rotatable bonds is 3. The van der Waals surface area contributed by atoms with Crippen LogP contribution in [0.1, 0.15) is 26.3 Å². The molecule has 0 radical (unpaired) electrons. The second-order valence-electron chi connectivity index (χ2n) is 5.10. The monoisotopic (exact) mass is 268 g/mol. The molecule has 0 atom stereocenters. The summed E-state index contributed by atoms with van der Waals surface area (Å²) in [5.41, 5.74) is 4.91. The topological polar surface area (TPSA) is 37.8 Å². The summed E-state index contributed by atoms with van der Waals surface area (Å²) in [4.78, 5) is 15.1. The molecular formula is C17H20N2O. The van der Waals surface area contributed by atoms with E-state index in [0.717, 1.165) is 27.7 Å². The van der Waals surface area contributed by atoms with Gasteiger partial charge in [0.15, 0.2) is 0 Å². The van der Waals surface area contributed by atoms with Gasteiger partial charge < -0.3 is 9.55 Å². The van der Waals surface area contributed by atoms with Gasteiger partial charge in [-0.3, -0.25) is 4.79 Å². The highest BCUT2D eigenvalue weighted by atomic mass is 16.1. The van der Waals surface area contributed by atoms with Gasteiger partial charge in [-0.05, 0) is 38.0 Å². The van der Waals surface area contributed by atoms with Crippen LogP contribution in [0.5, 0.6) is 0 Å². The van der Waals surface area contributed by atoms with Gasteiger partial charge in [0, 0.05) is 30.4 Å². The van der Waals surface area contributed by atoms with Gasteiger partial charge in [0.1, 0.15) is 5.52 Å². The first-order valence-corrected chi connectivity index (χ1v) is 6.63. The van der Waals surface area contributed by atoms with Crippen molar-refractivity contribution in [3.05, 3.63) is 64.3 Å². The average Bonchev–Trinajstić information content (AvgIpc) is 2.89. The predicted octanol–water partition coefficient (Wildman–Crippen LogP) is 3.79. The number of pyridine rings is 1. The van der Waals surface area contributed by atoms with Crippen molar-refractivity contribution in [2.45, 2.75) is 20.8 Å². The van der Waals surface area contributed by atoms with Gasteiger partial charge in [-0.15, -0.1) is 0 Å². The number of H-pyrrole nitrogens is 1. The molecule has 0 saturated heterocycles. The lowest BCUT2D eigenvalue weighted by Gasteiger charge is -2.12. The average molecular weight is 268 g/mol. The number of aryl methyl sites for hydroxylation is 1. The molecule has 2 heterocycles. The highest BCUT2D eigenvalue weighted by Crippen LogP contribution is 2.29. The maximum atomic E-state index is 12.1. The summed E-state index contributed by atoms with van der Waals surface area (Å²) in [5, 5.41) is 0.946.